The summed E-state index contributed by atoms with van der Waals surface area (Å²) < 4.78 is 0. The lowest BCUT2D eigenvalue weighted by molar-refractivity contribution is -0.141. The second-order valence-electron chi connectivity index (χ2n) is 5.07. The third-order valence-corrected chi connectivity index (χ3v) is 3.48. The summed E-state index contributed by atoms with van der Waals surface area (Å²) in [5.41, 5.74) is -0.410. The van der Waals surface area contributed by atoms with Crippen molar-refractivity contribution < 1.29 is 14.7 Å². The summed E-state index contributed by atoms with van der Waals surface area (Å²) in [6.45, 7) is 4.02. The van der Waals surface area contributed by atoms with Gasteiger partial charge in [-0.05, 0) is 19.4 Å². The van der Waals surface area contributed by atoms with Crippen LogP contribution >= 0.6 is 0 Å². The number of fused-ring (bicyclic) bond motifs is 1. The molecule has 1 aliphatic heterocycles. The van der Waals surface area contributed by atoms with Crippen LogP contribution in [0.1, 0.15) is 38.7 Å². The molecule has 4 nitrogen and oxygen atoms in total. The van der Waals surface area contributed by atoms with E-state index in [0.717, 1.165) is 18.5 Å². The van der Waals surface area contributed by atoms with Crippen molar-refractivity contribution in [3.05, 3.63) is 29.8 Å². The van der Waals surface area contributed by atoms with Crippen LogP contribution in [0.25, 0.3) is 0 Å². The Hall–Kier alpha value is -1.68. The normalized spacial score (nSPS) is 21.6. The van der Waals surface area contributed by atoms with Gasteiger partial charge < -0.3 is 10.0 Å². The number of aliphatic hydroxyl groups is 1. The van der Waals surface area contributed by atoms with Gasteiger partial charge in [-0.15, -0.1) is 0 Å². The fourth-order valence-electron chi connectivity index (χ4n) is 2.58. The Kier molecular flexibility index (Phi) is 3.71. The Morgan fingerprint density at radius 3 is 2.68 bits per heavy atom. The molecule has 0 spiro atoms. The fourth-order valence-corrected chi connectivity index (χ4v) is 2.58. The van der Waals surface area contributed by atoms with E-state index in [-0.39, 0.29) is 18.1 Å². The fraction of sp³-hybridized carbons (Fsp3) is 0.467. The highest BCUT2D eigenvalue weighted by Gasteiger charge is 2.49. The van der Waals surface area contributed by atoms with E-state index in [4.69, 9.17) is 0 Å². The first kappa shape index (κ1) is 13.7. The van der Waals surface area contributed by atoms with Gasteiger partial charge in [-0.3, -0.25) is 9.59 Å². The number of hydrogen-bond donors (Lipinski definition) is 1. The van der Waals surface area contributed by atoms with Gasteiger partial charge in [0.25, 0.3) is 5.91 Å². The number of hydrogen-bond acceptors (Lipinski definition) is 3. The lowest BCUT2D eigenvalue weighted by Gasteiger charge is -2.22. The van der Waals surface area contributed by atoms with Gasteiger partial charge in [0.2, 0.25) is 0 Å². The smallest absolute Gasteiger partial charge is 0.264 e. The third kappa shape index (κ3) is 2.28. The lowest BCUT2D eigenvalue weighted by atomic mass is 9.90. The van der Waals surface area contributed by atoms with Crippen LogP contribution in [0.3, 0.4) is 0 Å². The standard InChI is InChI=1S/C15H19NO3/c1-3-4-9-16-13-8-6-5-7-12(13)15(19,14(16)18)10-11(2)17/h5-8,19H,3-4,9-10H2,1-2H3/t15-/m0/s1. The molecule has 2 rings (SSSR count). The first-order valence-corrected chi connectivity index (χ1v) is 6.64. The lowest BCUT2D eigenvalue weighted by Crippen LogP contribution is -2.41. The summed E-state index contributed by atoms with van der Waals surface area (Å²) in [5.74, 6) is -0.569. The minimum absolute atomic E-state index is 0.161. The topological polar surface area (TPSA) is 57.6 Å². The number of benzene rings is 1. The molecular weight excluding hydrogens is 242 g/mol. The van der Waals surface area contributed by atoms with Crippen LogP contribution < -0.4 is 4.90 Å². The quantitative estimate of drug-likeness (QED) is 0.882. The van der Waals surface area contributed by atoms with Gasteiger partial charge in [-0.1, -0.05) is 31.5 Å². The molecule has 1 heterocycles. The molecule has 0 radical (unpaired) electrons. The van der Waals surface area contributed by atoms with Gasteiger partial charge in [-0.25, -0.2) is 0 Å². The SMILES string of the molecule is CCCCN1C(=O)[C@](O)(CC(C)=O)c2ccccc21. The zero-order valence-electron chi connectivity index (χ0n) is 11.3. The van der Waals surface area contributed by atoms with Gasteiger partial charge in [0.05, 0.1) is 5.69 Å². The molecule has 1 aliphatic rings. The Labute approximate surface area is 113 Å². The van der Waals surface area contributed by atoms with Crippen LogP contribution in [-0.2, 0) is 15.2 Å². The molecule has 0 saturated heterocycles. The molecule has 1 N–H and O–H groups in total. The van der Waals surface area contributed by atoms with Gasteiger partial charge in [0, 0.05) is 18.5 Å². The number of amides is 1. The molecule has 0 fully saturated rings. The van der Waals surface area contributed by atoms with E-state index < -0.39 is 5.60 Å². The van der Waals surface area contributed by atoms with E-state index in [0.29, 0.717) is 12.1 Å². The summed E-state index contributed by atoms with van der Waals surface area (Å²) in [6, 6.07) is 7.16. The zero-order valence-corrected chi connectivity index (χ0v) is 11.3. The molecule has 102 valence electrons. The first-order chi connectivity index (χ1) is 9.00. The largest absolute Gasteiger partial charge is 0.375 e. The average Bonchev–Trinajstić information content (AvgIpc) is 2.57. The van der Waals surface area contributed by atoms with Crippen molar-refractivity contribution in [3.63, 3.8) is 0 Å². The van der Waals surface area contributed by atoms with Crippen molar-refractivity contribution in [2.45, 2.75) is 38.7 Å². The summed E-state index contributed by atoms with van der Waals surface area (Å²) >= 11 is 0. The summed E-state index contributed by atoms with van der Waals surface area (Å²) in [6.07, 6.45) is 1.68. The molecule has 0 aromatic heterocycles. The van der Waals surface area contributed by atoms with E-state index in [1.807, 2.05) is 19.1 Å². The molecule has 1 aromatic rings. The van der Waals surface area contributed by atoms with Crippen LogP contribution in [0.2, 0.25) is 0 Å². The van der Waals surface area contributed by atoms with Gasteiger partial charge in [0.15, 0.2) is 5.60 Å². The van der Waals surface area contributed by atoms with Crippen molar-refractivity contribution in [3.8, 4) is 0 Å². The highest BCUT2D eigenvalue weighted by atomic mass is 16.3. The molecule has 1 aromatic carbocycles. The van der Waals surface area contributed by atoms with E-state index >= 15 is 0 Å². The summed E-state index contributed by atoms with van der Waals surface area (Å²) in [7, 11) is 0. The molecule has 0 saturated carbocycles. The summed E-state index contributed by atoms with van der Waals surface area (Å²) in [5, 5.41) is 10.6. The van der Waals surface area contributed by atoms with E-state index in [1.54, 1.807) is 17.0 Å². The van der Waals surface area contributed by atoms with Crippen LogP contribution in [0.4, 0.5) is 5.69 Å². The predicted molar refractivity (Wildman–Crippen MR) is 72.9 cm³/mol. The Bertz CT molecular complexity index is 512. The van der Waals surface area contributed by atoms with Crippen LogP contribution in [0, 0.1) is 0 Å². The number of Topliss-reactive ketones (excluding diaryl/α,β-unsaturated/α-hetero) is 1. The van der Waals surface area contributed by atoms with Crippen molar-refractivity contribution >= 4 is 17.4 Å². The Morgan fingerprint density at radius 2 is 2.05 bits per heavy atom. The maximum atomic E-state index is 12.4. The van der Waals surface area contributed by atoms with Crippen molar-refractivity contribution in [1.82, 2.24) is 0 Å². The predicted octanol–water partition coefficient (Wildman–Crippen LogP) is 2.00. The molecule has 0 bridgehead atoms. The maximum Gasteiger partial charge on any atom is 0.264 e. The van der Waals surface area contributed by atoms with Gasteiger partial charge in [-0.2, -0.15) is 0 Å². The second-order valence-corrected chi connectivity index (χ2v) is 5.07. The zero-order chi connectivity index (χ0) is 14.0. The van der Waals surface area contributed by atoms with Crippen molar-refractivity contribution in [2.75, 3.05) is 11.4 Å². The number of nitrogens with zero attached hydrogens (tertiary/aromatic N) is 1. The molecule has 0 unspecified atom stereocenters. The molecule has 0 aliphatic carbocycles. The minimum Gasteiger partial charge on any atom is -0.375 e. The number of anilines is 1. The molecule has 1 atom stereocenters. The van der Waals surface area contributed by atoms with Crippen LogP contribution in [0.5, 0.6) is 0 Å². The van der Waals surface area contributed by atoms with E-state index in [2.05, 4.69) is 0 Å². The Balaban J connectivity index is 2.43. The second kappa shape index (κ2) is 5.13. The number of ketones is 1. The number of para-hydroxylation sites is 1. The number of carbonyl (C=O) groups excluding carboxylic acids is 2. The molecule has 1 amide bonds. The highest BCUT2D eigenvalue weighted by molar-refractivity contribution is 6.08. The van der Waals surface area contributed by atoms with Crippen molar-refractivity contribution in [1.29, 1.82) is 0 Å². The molecule has 4 heteroatoms. The number of rotatable bonds is 5. The Morgan fingerprint density at radius 1 is 1.37 bits per heavy atom. The van der Waals surface area contributed by atoms with Crippen molar-refractivity contribution in [2.24, 2.45) is 0 Å². The monoisotopic (exact) mass is 261 g/mol. The maximum absolute atomic E-state index is 12.4. The minimum atomic E-state index is -1.68. The van der Waals surface area contributed by atoms with E-state index in [1.165, 1.54) is 6.92 Å². The van der Waals surface area contributed by atoms with Gasteiger partial charge >= 0.3 is 0 Å². The molecule has 19 heavy (non-hydrogen) atoms. The molecular formula is C15H19NO3. The third-order valence-electron chi connectivity index (χ3n) is 3.48. The number of carbonyl (C=O) groups is 2. The van der Waals surface area contributed by atoms with Gasteiger partial charge in [0.1, 0.15) is 5.78 Å². The first-order valence-electron chi connectivity index (χ1n) is 6.64. The number of unbranched alkanes of at least 4 members (excludes halogenated alkanes) is 1. The highest BCUT2D eigenvalue weighted by Crippen LogP contribution is 2.42. The average molecular weight is 261 g/mol. The van der Waals surface area contributed by atoms with Crippen LogP contribution in [0.15, 0.2) is 24.3 Å². The van der Waals surface area contributed by atoms with Crippen LogP contribution in [-0.4, -0.2) is 23.3 Å². The van der Waals surface area contributed by atoms with E-state index in [9.17, 15) is 14.7 Å². The summed E-state index contributed by atoms with van der Waals surface area (Å²) in [4.78, 5) is 25.4.